The number of aliphatic hydroxyl groups is 1. The minimum atomic E-state index is -0.928. The van der Waals surface area contributed by atoms with Gasteiger partial charge in [0.1, 0.15) is 17.6 Å². The van der Waals surface area contributed by atoms with Crippen LogP contribution in [0, 0.1) is 6.92 Å². The summed E-state index contributed by atoms with van der Waals surface area (Å²) in [7, 11) is 1.47. The molecule has 1 fully saturated rings. The fourth-order valence-electron chi connectivity index (χ4n) is 3.74. The molecule has 0 spiro atoms. The van der Waals surface area contributed by atoms with E-state index >= 15 is 0 Å². The molecule has 3 aromatic rings. The van der Waals surface area contributed by atoms with Crippen LogP contribution >= 0.6 is 11.6 Å². The molecule has 6 nitrogen and oxygen atoms in total. The molecular formula is C24H19ClN2O4. The Labute approximate surface area is 184 Å². The second-order valence-corrected chi connectivity index (χ2v) is 7.42. The van der Waals surface area contributed by atoms with Crippen LogP contribution in [0.1, 0.15) is 22.9 Å². The summed E-state index contributed by atoms with van der Waals surface area (Å²) >= 11 is 6.29. The summed E-state index contributed by atoms with van der Waals surface area (Å²) in [5.41, 5.74) is 1.81. The third-order valence-corrected chi connectivity index (χ3v) is 5.68. The number of methoxy groups -OCH3 is 1. The van der Waals surface area contributed by atoms with Gasteiger partial charge in [-0.15, -0.1) is 0 Å². The van der Waals surface area contributed by atoms with E-state index in [1.165, 1.54) is 12.0 Å². The number of halogens is 1. The van der Waals surface area contributed by atoms with E-state index in [0.717, 1.165) is 0 Å². The van der Waals surface area contributed by atoms with Gasteiger partial charge in [-0.25, -0.2) is 0 Å². The molecule has 4 rings (SSSR count). The summed E-state index contributed by atoms with van der Waals surface area (Å²) in [5, 5.41) is 11.6. The largest absolute Gasteiger partial charge is 0.507 e. The fourth-order valence-corrected chi connectivity index (χ4v) is 3.91. The number of benzene rings is 2. The highest BCUT2D eigenvalue weighted by atomic mass is 35.5. The van der Waals surface area contributed by atoms with Crippen molar-refractivity contribution in [3.63, 3.8) is 0 Å². The number of para-hydroxylation sites is 1. The average molecular weight is 435 g/mol. The molecule has 1 aliphatic rings. The zero-order chi connectivity index (χ0) is 22.1. The number of hydrogen-bond donors (Lipinski definition) is 1. The van der Waals surface area contributed by atoms with Gasteiger partial charge in [0.15, 0.2) is 0 Å². The van der Waals surface area contributed by atoms with Crippen molar-refractivity contribution in [3.8, 4) is 5.75 Å². The lowest BCUT2D eigenvalue weighted by molar-refractivity contribution is -0.132. The van der Waals surface area contributed by atoms with Gasteiger partial charge >= 0.3 is 0 Å². The number of carbonyl (C=O) groups is 2. The van der Waals surface area contributed by atoms with E-state index in [1.807, 2.05) is 0 Å². The Hall–Kier alpha value is -3.64. The molecule has 2 aromatic carbocycles. The number of nitrogens with zero attached hydrogens (tertiary/aromatic N) is 2. The van der Waals surface area contributed by atoms with Gasteiger partial charge in [0.05, 0.1) is 23.9 Å². The van der Waals surface area contributed by atoms with Crippen molar-refractivity contribution in [2.24, 2.45) is 0 Å². The molecule has 31 heavy (non-hydrogen) atoms. The number of pyridine rings is 1. The van der Waals surface area contributed by atoms with Crippen molar-refractivity contribution in [1.82, 2.24) is 4.98 Å². The van der Waals surface area contributed by atoms with Crippen molar-refractivity contribution in [2.45, 2.75) is 13.0 Å². The van der Waals surface area contributed by atoms with Gasteiger partial charge in [-0.1, -0.05) is 35.9 Å². The summed E-state index contributed by atoms with van der Waals surface area (Å²) in [6.45, 7) is 1.77. The monoisotopic (exact) mass is 434 g/mol. The van der Waals surface area contributed by atoms with Gasteiger partial charge in [-0.05, 0) is 48.9 Å². The Morgan fingerprint density at radius 1 is 1.06 bits per heavy atom. The van der Waals surface area contributed by atoms with Crippen LogP contribution in [0.2, 0.25) is 5.02 Å². The molecule has 1 amide bonds. The van der Waals surface area contributed by atoms with E-state index < -0.39 is 17.7 Å². The maximum absolute atomic E-state index is 13.2. The molecule has 0 bridgehead atoms. The number of anilines is 1. The van der Waals surface area contributed by atoms with Crippen molar-refractivity contribution in [3.05, 3.63) is 94.3 Å². The number of rotatable bonds is 4. The van der Waals surface area contributed by atoms with E-state index in [4.69, 9.17) is 16.3 Å². The first-order chi connectivity index (χ1) is 15.0. The van der Waals surface area contributed by atoms with E-state index in [2.05, 4.69) is 4.98 Å². The van der Waals surface area contributed by atoms with Gasteiger partial charge in [-0.2, -0.15) is 0 Å². The minimum absolute atomic E-state index is 0.0624. The highest BCUT2D eigenvalue weighted by molar-refractivity contribution is 6.52. The van der Waals surface area contributed by atoms with E-state index in [9.17, 15) is 14.7 Å². The van der Waals surface area contributed by atoms with Gasteiger partial charge in [0, 0.05) is 16.9 Å². The van der Waals surface area contributed by atoms with E-state index in [-0.39, 0.29) is 11.3 Å². The van der Waals surface area contributed by atoms with Crippen LogP contribution in [0.25, 0.3) is 5.76 Å². The third kappa shape index (κ3) is 3.45. The van der Waals surface area contributed by atoms with Crippen LogP contribution in [0.15, 0.2) is 72.4 Å². The van der Waals surface area contributed by atoms with Crippen LogP contribution in [0.3, 0.4) is 0 Å². The first kappa shape index (κ1) is 20.6. The smallest absolute Gasteiger partial charge is 0.300 e. The molecule has 0 saturated carbocycles. The number of ether oxygens (including phenoxy) is 1. The lowest BCUT2D eigenvalue weighted by Gasteiger charge is -2.26. The number of aliphatic hydroxyl groups excluding tert-OH is 1. The Morgan fingerprint density at radius 2 is 1.81 bits per heavy atom. The predicted molar refractivity (Wildman–Crippen MR) is 118 cm³/mol. The number of Topliss-reactive ketones (excluding diaryl/α,β-unsaturated/α-hetero) is 1. The zero-order valence-corrected chi connectivity index (χ0v) is 17.6. The second kappa shape index (κ2) is 8.24. The Morgan fingerprint density at radius 3 is 2.52 bits per heavy atom. The molecule has 0 radical (unpaired) electrons. The third-order valence-electron chi connectivity index (χ3n) is 5.27. The summed E-state index contributed by atoms with van der Waals surface area (Å²) in [6, 6.07) is 16.2. The summed E-state index contributed by atoms with van der Waals surface area (Å²) in [5.74, 6) is -1.52. The molecule has 0 aliphatic carbocycles. The highest BCUT2D eigenvalue weighted by Crippen LogP contribution is 2.44. The molecule has 1 N–H and O–H groups in total. The van der Waals surface area contributed by atoms with Crippen molar-refractivity contribution in [1.29, 1.82) is 0 Å². The first-order valence-corrected chi connectivity index (χ1v) is 9.94. The first-order valence-electron chi connectivity index (χ1n) is 9.56. The van der Waals surface area contributed by atoms with E-state index in [0.29, 0.717) is 33.3 Å². The molecular weight excluding hydrogens is 416 g/mol. The SMILES string of the molecule is COc1ccccc1/C(O)=C1\C(=O)C(=O)N(c2cccc(Cl)c2C)C1c1ccccn1. The Bertz CT molecular complexity index is 1210. The molecule has 1 saturated heterocycles. The highest BCUT2D eigenvalue weighted by Gasteiger charge is 2.48. The normalized spacial score (nSPS) is 17.8. The Kier molecular flexibility index (Phi) is 5.48. The van der Waals surface area contributed by atoms with Crippen LogP contribution < -0.4 is 9.64 Å². The number of hydrogen-bond acceptors (Lipinski definition) is 5. The molecule has 1 aliphatic heterocycles. The average Bonchev–Trinajstić information content (AvgIpc) is 3.06. The van der Waals surface area contributed by atoms with Crippen molar-refractivity contribution in [2.75, 3.05) is 12.0 Å². The summed E-state index contributed by atoms with van der Waals surface area (Å²) in [4.78, 5) is 32.1. The van der Waals surface area contributed by atoms with Crippen molar-refractivity contribution < 1.29 is 19.4 Å². The predicted octanol–water partition coefficient (Wildman–Crippen LogP) is 4.68. The summed E-state index contributed by atoms with van der Waals surface area (Å²) in [6.07, 6.45) is 1.57. The van der Waals surface area contributed by atoms with Crippen molar-refractivity contribution >= 4 is 34.7 Å². The number of carbonyl (C=O) groups excluding carboxylic acids is 2. The summed E-state index contributed by atoms with van der Waals surface area (Å²) < 4.78 is 5.34. The molecule has 1 aromatic heterocycles. The second-order valence-electron chi connectivity index (χ2n) is 7.01. The molecule has 1 unspecified atom stereocenters. The maximum atomic E-state index is 13.2. The van der Waals surface area contributed by atoms with Gasteiger partial charge in [0.25, 0.3) is 11.7 Å². The topological polar surface area (TPSA) is 79.7 Å². The number of aromatic nitrogens is 1. The zero-order valence-electron chi connectivity index (χ0n) is 16.9. The number of amides is 1. The Balaban J connectivity index is 2.00. The lowest BCUT2D eigenvalue weighted by Crippen LogP contribution is -2.30. The fraction of sp³-hybridized carbons (Fsp3) is 0.125. The van der Waals surface area contributed by atoms with Crippen LogP contribution in [-0.2, 0) is 9.59 Å². The van der Waals surface area contributed by atoms with Crippen LogP contribution in [-0.4, -0.2) is 28.9 Å². The van der Waals surface area contributed by atoms with Gasteiger partial charge in [0.2, 0.25) is 0 Å². The number of ketones is 1. The van der Waals surface area contributed by atoms with Gasteiger partial charge in [-0.3, -0.25) is 19.5 Å². The quantitative estimate of drug-likeness (QED) is 0.366. The minimum Gasteiger partial charge on any atom is -0.507 e. The van der Waals surface area contributed by atoms with Crippen LogP contribution in [0.4, 0.5) is 5.69 Å². The molecule has 7 heteroatoms. The van der Waals surface area contributed by atoms with E-state index in [1.54, 1.807) is 73.8 Å². The molecule has 1 atom stereocenters. The van der Waals surface area contributed by atoms with Crippen LogP contribution in [0.5, 0.6) is 5.75 Å². The lowest BCUT2D eigenvalue weighted by atomic mass is 9.97. The molecule has 156 valence electrons. The molecule has 2 heterocycles. The standard InChI is InChI=1S/C24H19ClN2O4/c1-14-16(25)9-7-11-18(14)27-21(17-10-5-6-13-26-17)20(23(29)24(27)30)22(28)15-8-3-4-12-19(15)31-2/h3-13,21,28H,1-2H3/b22-20+. The van der Waals surface area contributed by atoms with Gasteiger partial charge < -0.3 is 9.84 Å². The maximum Gasteiger partial charge on any atom is 0.300 e.